The van der Waals surface area contributed by atoms with Crippen molar-refractivity contribution in [1.29, 1.82) is 0 Å². The number of rotatable bonds is 5. The first kappa shape index (κ1) is 19.6. The van der Waals surface area contributed by atoms with Crippen LogP contribution in [-0.2, 0) is 9.53 Å². The van der Waals surface area contributed by atoms with Crippen molar-refractivity contribution in [3.8, 4) is 0 Å². The van der Waals surface area contributed by atoms with Crippen molar-refractivity contribution in [3.63, 3.8) is 0 Å². The second-order valence-electron chi connectivity index (χ2n) is 7.20. The van der Waals surface area contributed by atoms with E-state index in [1.165, 1.54) is 0 Å². The molecule has 1 aliphatic carbocycles. The molecule has 2 saturated heterocycles. The zero-order valence-corrected chi connectivity index (χ0v) is 17.8. The molecule has 0 aromatic rings. The van der Waals surface area contributed by atoms with Crippen LogP contribution in [0.15, 0.2) is 0 Å². The normalized spacial score (nSPS) is 29.9. The molecule has 0 bridgehead atoms. The van der Waals surface area contributed by atoms with E-state index in [4.69, 9.17) is 4.74 Å². The number of carbonyl (C=O) groups excluding carboxylic acids is 1. The van der Waals surface area contributed by atoms with E-state index in [0.29, 0.717) is 12.8 Å². The summed E-state index contributed by atoms with van der Waals surface area (Å²) in [4.78, 5) is 12.7. The summed E-state index contributed by atoms with van der Waals surface area (Å²) < 4.78 is 44.6. The second kappa shape index (κ2) is 6.17. The molecule has 0 spiro atoms. The van der Waals surface area contributed by atoms with Crippen LogP contribution in [0.1, 0.15) is 46.0 Å². The average molecular weight is 568 g/mol. The average Bonchev–Trinajstić information content (AvgIpc) is 3.33. The number of carbonyl (C=O) groups is 1. The summed E-state index contributed by atoms with van der Waals surface area (Å²) in [6.45, 7) is 2.46. The third kappa shape index (κ3) is 3.14. The van der Waals surface area contributed by atoms with Gasteiger partial charge in [0.15, 0.2) is 0 Å². The third-order valence-electron chi connectivity index (χ3n) is 5.36. The SMILES string of the molecule is CC(I)(C(=O)OC(C1CCCCC1)C(C)(O)C(F)(F)F)C12[B]I1[B]2. The summed E-state index contributed by atoms with van der Waals surface area (Å²) in [5, 5.41) is 14.5. The summed E-state index contributed by atoms with van der Waals surface area (Å²) in [5.74, 6) is -1.09. The fourth-order valence-corrected chi connectivity index (χ4v) is 12.7. The van der Waals surface area contributed by atoms with E-state index in [9.17, 15) is 23.1 Å². The molecule has 3 nitrogen and oxygen atoms in total. The van der Waals surface area contributed by atoms with E-state index >= 15 is 0 Å². The molecule has 3 rings (SSSR count). The van der Waals surface area contributed by atoms with Gasteiger partial charge in [0, 0.05) is 0 Å². The van der Waals surface area contributed by atoms with Crippen molar-refractivity contribution >= 4 is 58.2 Å². The summed E-state index contributed by atoms with van der Waals surface area (Å²) in [5.41, 5.74) is -3.03. The van der Waals surface area contributed by atoms with Crippen molar-refractivity contribution in [3.05, 3.63) is 0 Å². The second-order valence-corrected chi connectivity index (χ2v) is 14.4. The van der Waals surface area contributed by atoms with E-state index in [2.05, 4.69) is 10.3 Å². The van der Waals surface area contributed by atoms with Crippen LogP contribution < -0.4 is 0 Å². The first-order valence-corrected chi connectivity index (χ1v) is 12.7. The van der Waals surface area contributed by atoms with Gasteiger partial charge in [0.25, 0.3) is 0 Å². The number of fused-ring (bicyclic) bond motifs is 1. The predicted molar refractivity (Wildman–Crippen MR) is 104 cm³/mol. The van der Waals surface area contributed by atoms with Gasteiger partial charge in [-0.2, -0.15) is 0 Å². The number of hydrogen-bond acceptors (Lipinski definition) is 3. The first-order chi connectivity index (χ1) is 10.9. The molecule has 3 fully saturated rings. The van der Waals surface area contributed by atoms with Gasteiger partial charge >= 0.3 is 162 Å². The van der Waals surface area contributed by atoms with Gasteiger partial charge in [-0.05, 0) is 0 Å². The van der Waals surface area contributed by atoms with Crippen LogP contribution in [0.4, 0.5) is 13.2 Å². The molecule has 3 atom stereocenters. The number of hydrogen-bond donors (Lipinski definition) is 1. The van der Waals surface area contributed by atoms with Crippen molar-refractivity contribution in [2.75, 3.05) is 0 Å². The van der Waals surface area contributed by atoms with Crippen LogP contribution in [0.25, 0.3) is 0 Å². The van der Waals surface area contributed by atoms with Crippen LogP contribution in [-0.4, -0.2) is 45.9 Å². The number of halogens is 5. The van der Waals surface area contributed by atoms with Gasteiger partial charge in [0.2, 0.25) is 0 Å². The maximum atomic E-state index is 13.4. The molecule has 1 saturated carbocycles. The topological polar surface area (TPSA) is 46.5 Å². The quantitative estimate of drug-likeness (QED) is 0.240. The number of aliphatic hydroxyl groups is 1. The Balaban J connectivity index is 1.80. The molecule has 2 radical (unpaired) electrons. The standard InChI is InChI=1S/C14H19B2F3I2O3/c1-11(20,13-15-21(13)16-13)10(22)24-9(8-6-4-3-5-7-8)12(2,23)14(17,18)19/h8-9,23H,3-7H2,1-2H3. The van der Waals surface area contributed by atoms with Crippen LogP contribution in [0.2, 0.25) is 0 Å². The Morgan fingerprint density at radius 3 is 2.21 bits per heavy atom. The van der Waals surface area contributed by atoms with E-state index in [-0.39, 0.29) is 3.22 Å². The Bertz CT molecular complexity index is 530. The predicted octanol–water partition coefficient (Wildman–Crippen LogP) is 3.41. The molecule has 0 aromatic carbocycles. The Kier molecular flexibility index (Phi) is 5.03. The van der Waals surface area contributed by atoms with Gasteiger partial charge < -0.3 is 0 Å². The summed E-state index contributed by atoms with van der Waals surface area (Å²) in [7, 11) is 0. The van der Waals surface area contributed by atoms with Gasteiger partial charge in [0.1, 0.15) is 0 Å². The fraction of sp³-hybridized carbons (Fsp3) is 0.929. The Hall–Kier alpha value is 0.810. The van der Waals surface area contributed by atoms with Crippen molar-refractivity contribution < 1.29 is 27.8 Å². The minimum atomic E-state index is -4.84. The van der Waals surface area contributed by atoms with Crippen molar-refractivity contribution in [1.82, 2.24) is 0 Å². The number of ether oxygens (including phenoxy) is 1. The van der Waals surface area contributed by atoms with Crippen molar-refractivity contribution in [2.45, 2.75) is 70.5 Å². The van der Waals surface area contributed by atoms with Gasteiger partial charge in [-0.25, -0.2) is 0 Å². The van der Waals surface area contributed by atoms with Crippen LogP contribution in [0, 0.1) is 5.92 Å². The first-order valence-electron chi connectivity index (χ1n) is 8.01. The minimum absolute atomic E-state index is 0.171. The van der Waals surface area contributed by atoms with E-state index in [1.807, 2.05) is 22.6 Å². The summed E-state index contributed by atoms with van der Waals surface area (Å²) in [6.07, 6.45) is -2.73. The summed E-state index contributed by atoms with van der Waals surface area (Å²) >= 11 is 0.801. The fourth-order valence-electron chi connectivity index (χ4n) is 3.35. The Morgan fingerprint density at radius 2 is 1.79 bits per heavy atom. The van der Waals surface area contributed by atoms with Crippen LogP contribution in [0.5, 0.6) is 0 Å². The molecule has 3 aliphatic rings. The van der Waals surface area contributed by atoms with Gasteiger partial charge in [-0.3, -0.25) is 0 Å². The number of alkyl halides is 5. The molecule has 0 aromatic heterocycles. The molecule has 134 valence electrons. The molecule has 3 unspecified atom stereocenters. The molecule has 0 amide bonds. The van der Waals surface area contributed by atoms with Gasteiger partial charge in [0.05, 0.1) is 0 Å². The molecular weight excluding hydrogens is 549 g/mol. The van der Waals surface area contributed by atoms with Gasteiger partial charge in [-0.1, -0.05) is 0 Å². The molecule has 24 heavy (non-hydrogen) atoms. The molecule has 2 aliphatic heterocycles. The molecule has 1 N–H and O–H groups in total. The van der Waals surface area contributed by atoms with Crippen LogP contribution >= 0.6 is 42.0 Å². The monoisotopic (exact) mass is 568 g/mol. The van der Waals surface area contributed by atoms with Crippen molar-refractivity contribution in [2.24, 2.45) is 5.92 Å². The Labute approximate surface area is 161 Å². The molecular formula is C14H19B2F3I2O3. The van der Waals surface area contributed by atoms with E-state index < -0.39 is 52.6 Å². The maximum absolute atomic E-state index is 13.4. The van der Waals surface area contributed by atoms with E-state index in [0.717, 1.165) is 26.2 Å². The zero-order valence-electron chi connectivity index (χ0n) is 13.5. The Morgan fingerprint density at radius 1 is 1.29 bits per heavy atom. The van der Waals surface area contributed by atoms with E-state index in [1.54, 1.807) is 6.92 Å². The third-order valence-corrected chi connectivity index (χ3v) is 13.4. The van der Waals surface area contributed by atoms with Crippen LogP contribution in [0.3, 0.4) is 0 Å². The van der Waals surface area contributed by atoms with Gasteiger partial charge in [-0.15, -0.1) is 0 Å². The summed E-state index contributed by atoms with van der Waals surface area (Å²) in [6, 6.07) is 0. The molecule has 2 heterocycles. The number of esters is 1. The molecule has 10 heteroatoms. The zero-order chi connectivity index (χ0) is 18.0.